The number of hydrogen-bond donors (Lipinski definition) is 0. The van der Waals surface area contributed by atoms with Crippen LogP contribution in [0.4, 0.5) is 0 Å². The molecular weight excluding hydrogens is 236 g/mol. The Hall–Kier alpha value is -0.650. The predicted octanol–water partition coefficient (Wildman–Crippen LogP) is 1.27. The van der Waals surface area contributed by atoms with E-state index in [1.165, 1.54) is 4.31 Å². The van der Waals surface area contributed by atoms with Crippen LogP contribution < -0.4 is 0 Å². The Balaban J connectivity index is 2.12. The van der Waals surface area contributed by atoms with E-state index in [-0.39, 0.29) is 5.75 Å². The second-order valence-corrected chi connectivity index (χ2v) is 5.97. The second-order valence-electron chi connectivity index (χ2n) is 3.49. The van der Waals surface area contributed by atoms with E-state index in [4.69, 9.17) is 11.6 Å². The average molecular weight is 247 g/mol. The Morgan fingerprint density at radius 3 is 2.80 bits per heavy atom. The molecule has 0 spiro atoms. The highest BCUT2D eigenvalue weighted by molar-refractivity contribution is 7.89. The van der Waals surface area contributed by atoms with Gasteiger partial charge in [-0.25, -0.2) is 13.4 Å². The summed E-state index contributed by atoms with van der Waals surface area (Å²) < 4.78 is 24.5. The molecular formula is C9H11ClN2O2S. The van der Waals surface area contributed by atoms with Crippen molar-refractivity contribution in [3.05, 3.63) is 29.0 Å². The number of nitrogens with zero attached hydrogens (tertiary/aromatic N) is 2. The summed E-state index contributed by atoms with van der Waals surface area (Å²) in [5.74, 6) is 0.258. The van der Waals surface area contributed by atoms with Crippen LogP contribution in [0.15, 0.2) is 18.3 Å². The molecule has 2 heterocycles. The fraction of sp³-hybridized carbons (Fsp3) is 0.444. The summed E-state index contributed by atoms with van der Waals surface area (Å²) in [7, 11) is -3.02. The molecule has 1 aliphatic heterocycles. The molecule has 6 heteroatoms. The van der Waals surface area contributed by atoms with Gasteiger partial charge < -0.3 is 0 Å². The molecule has 1 saturated heterocycles. The van der Waals surface area contributed by atoms with Crippen LogP contribution in [0.2, 0.25) is 5.15 Å². The van der Waals surface area contributed by atoms with Crippen LogP contribution in [0.3, 0.4) is 0 Å². The lowest BCUT2D eigenvalue weighted by molar-refractivity contribution is 0.439. The third-order valence-electron chi connectivity index (χ3n) is 2.35. The maximum atomic E-state index is 11.5. The summed E-state index contributed by atoms with van der Waals surface area (Å²) in [5.41, 5.74) is 0.866. The number of pyridine rings is 1. The summed E-state index contributed by atoms with van der Waals surface area (Å²) in [6.07, 6.45) is 2.32. The van der Waals surface area contributed by atoms with Gasteiger partial charge in [0.25, 0.3) is 0 Å². The normalized spacial score (nSPS) is 20.6. The topological polar surface area (TPSA) is 50.3 Å². The summed E-state index contributed by atoms with van der Waals surface area (Å²) in [6, 6.07) is 3.46. The molecule has 0 N–H and O–H groups in total. The lowest BCUT2D eigenvalue weighted by Crippen LogP contribution is -2.25. The van der Waals surface area contributed by atoms with E-state index in [0.29, 0.717) is 24.7 Å². The molecule has 0 saturated carbocycles. The molecule has 0 bridgehead atoms. The lowest BCUT2D eigenvalue weighted by atomic mass is 10.3. The monoisotopic (exact) mass is 246 g/mol. The Labute approximate surface area is 93.9 Å². The van der Waals surface area contributed by atoms with Gasteiger partial charge in [-0.3, -0.25) is 0 Å². The molecule has 0 radical (unpaired) electrons. The lowest BCUT2D eigenvalue weighted by Gasteiger charge is -2.13. The van der Waals surface area contributed by atoms with Crippen molar-refractivity contribution in [1.82, 2.24) is 9.29 Å². The number of sulfonamides is 1. The average Bonchev–Trinajstić information content (AvgIpc) is 2.50. The molecule has 4 nitrogen and oxygen atoms in total. The molecule has 1 fully saturated rings. The van der Waals surface area contributed by atoms with Gasteiger partial charge in [0.15, 0.2) is 0 Å². The summed E-state index contributed by atoms with van der Waals surface area (Å²) in [6.45, 7) is 0.997. The Kier molecular flexibility index (Phi) is 2.95. The standard InChI is InChI=1S/C9H11ClN2O2S/c10-9-3-2-8(6-11-9)7-12-4-1-5-15(12,13)14/h2-3,6H,1,4-5,7H2. The third kappa shape index (κ3) is 2.48. The molecule has 0 atom stereocenters. The SMILES string of the molecule is O=S1(=O)CCCN1Cc1ccc(Cl)nc1. The van der Waals surface area contributed by atoms with Gasteiger partial charge in [0.1, 0.15) is 5.15 Å². The molecule has 0 aliphatic carbocycles. The van der Waals surface area contributed by atoms with Crippen LogP contribution in [0, 0.1) is 0 Å². The summed E-state index contributed by atoms with van der Waals surface area (Å²) in [4.78, 5) is 3.91. The summed E-state index contributed by atoms with van der Waals surface area (Å²) >= 11 is 5.64. The Morgan fingerprint density at radius 2 is 2.27 bits per heavy atom. The van der Waals surface area contributed by atoms with Gasteiger partial charge in [0, 0.05) is 19.3 Å². The van der Waals surface area contributed by atoms with Gasteiger partial charge >= 0.3 is 0 Å². The van der Waals surface area contributed by atoms with Crippen LogP contribution in [0.1, 0.15) is 12.0 Å². The van der Waals surface area contributed by atoms with Gasteiger partial charge in [0.2, 0.25) is 10.0 Å². The first kappa shape index (κ1) is 10.9. The zero-order valence-electron chi connectivity index (χ0n) is 8.06. The predicted molar refractivity (Wildman–Crippen MR) is 58.1 cm³/mol. The van der Waals surface area contributed by atoms with Gasteiger partial charge in [-0.15, -0.1) is 0 Å². The van der Waals surface area contributed by atoms with E-state index in [9.17, 15) is 8.42 Å². The maximum absolute atomic E-state index is 11.5. The van der Waals surface area contributed by atoms with Crippen LogP contribution in [-0.2, 0) is 16.6 Å². The van der Waals surface area contributed by atoms with Crippen LogP contribution in [-0.4, -0.2) is 30.0 Å². The van der Waals surface area contributed by atoms with Crippen LogP contribution in [0.25, 0.3) is 0 Å². The Morgan fingerprint density at radius 1 is 1.47 bits per heavy atom. The van der Waals surface area contributed by atoms with E-state index in [1.807, 2.05) is 0 Å². The van der Waals surface area contributed by atoms with Gasteiger partial charge in [-0.05, 0) is 18.1 Å². The molecule has 1 aromatic heterocycles. The van der Waals surface area contributed by atoms with Crippen molar-refractivity contribution in [3.63, 3.8) is 0 Å². The number of halogens is 1. The highest BCUT2D eigenvalue weighted by atomic mass is 35.5. The minimum Gasteiger partial charge on any atom is -0.244 e. The van der Waals surface area contributed by atoms with Crippen LogP contribution >= 0.6 is 11.6 Å². The van der Waals surface area contributed by atoms with E-state index in [1.54, 1.807) is 18.3 Å². The van der Waals surface area contributed by atoms with E-state index >= 15 is 0 Å². The molecule has 0 amide bonds. The second kappa shape index (κ2) is 4.08. The highest BCUT2D eigenvalue weighted by Crippen LogP contribution is 2.17. The molecule has 82 valence electrons. The molecule has 1 aliphatic rings. The largest absolute Gasteiger partial charge is 0.244 e. The van der Waals surface area contributed by atoms with Crippen molar-refractivity contribution >= 4 is 21.6 Å². The third-order valence-corrected chi connectivity index (χ3v) is 4.48. The fourth-order valence-corrected chi connectivity index (χ4v) is 3.19. The molecule has 0 aromatic carbocycles. The first-order chi connectivity index (χ1) is 7.08. The zero-order chi connectivity index (χ0) is 10.9. The van der Waals surface area contributed by atoms with Crippen molar-refractivity contribution in [1.29, 1.82) is 0 Å². The first-order valence-corrected chi connectivity index (χ1v) is 6.65. The van der Waals surface area contributed by atoms with Crippen molar-refractivity contribution < 1.29 is 8.42 Å². The molecule has 0 unspecified atom stereocenters. The van der Waals surface area contributed by atoms with Gasteiger partial charge in [0.05, 0.1) is 5.75 Å². The summed E-state index contributed by atoms with van der Waals surface area (Å²) in [5, 5.41) is 0.419. The van der Waals surface area contributed by atoms with Crippen molar-refractivity contribution in [2.24, 2.45) is 0 Å². The van der Waals surface area contributed by atoms with Gasteiger partial charge in [-0.2, -0.15) is 4.31 Å². The van der Waals surface area contributed by atoms with Crippen molar-refractivity contribution in [2.75, 3.05) is 12.3 Å². The minimum absolute atomic E-state index is 0.258. The minimum atomic E-state index is -3.02. The van der Waals surface area contributed by atoms with Gasteiger partial charge in [-0.1, -0.05) is 17.7 Å². The smallest absolute Gasteiger partial charge is 0.214 e. The van der Waals surface area contributed by atoms with Crippen molar-refractivity contribution in [3.8, 4) is 0 Å². The van der Waals surface area contributed by atoms with E-state index in [0.717, 1.165) is 5.56 Å². The number of aromatic nitrogens is 1. The highest BCUT2D eigenvalue weighted by Gasteiger charge is 2.27. The molecule has 15 heavy (non-hydrogen) atoms. The van der Waals surface area contributed by atoms with Crippen LogP contribution in [0.5, 0.6) is 0 Å². The first-order valence-electron chi connectivity index (χ1n) is 4.66. The van der Waals surface area contributed by atoms with Crippen molar-refractivity contribution in [2.45, 2.75) is 13.0 Å². The molecule has 1 aromatic rings. The quantitative estimate of drug-likeness (QED) is 0.739. The molecule has 2 rings (SSSR count). The maximum Gasteiger partial charge on any atom is 0.214 e. The van der Waals surface area contributed by atoms with E-state index in [2.05, 4.69) is 4.98 Å². The van der Waals surface area contributed by atoms with E-state index < -0.39 is 10.0 Å². The zero-order valence-corrected chi connectivity index (χ0v) is 9.63. The fourth-order valence-electron chi connectivity index (χ4n) is 1.57. The number of hydrogen-bond acceptors (Lipinski definition) is 3. The number of rotatable bonds is 2. The Bertz CT molecular complexity index is 444.